The Bertz CT molecular complexity index is 794. The summed E-state index contributed by atoms with van der Waals surface area (Å²) in [5.74, 6) is 0.766. The molecule has 1 aromatic heterocycles. The minimum absolute atomic E-state index is 0.235. The topological polar surface area (TPSA) is 37.4 Å². The number of rotatable bonds is 3. The van der Waals surface area contributed by atoms with Crippen LogP contribution in [0.5, 0.6) is 0 Å². The molecule has 2 aromatic rings. The molecular weight excluding hydrogens is 438 g/mol. The molecule has 1 aromatic carbocycles. The first-order valence-electron chi connectivity index (χ1n) is 7.10. The van der Waals surface area contributed by atoms with Crippen molar-refractivity contribution in [2.75, 3.05) is 18.8 Å². The molecule has 0 spiro atoms. The van der Waals surface area contributed by atoms with Gasteiger partial charge in [0.25, 0.3) is 10.0 Å². The normalized spacial score (nSPS) is 20.3. The fourth-order valence-corrected chi connectivity index (χ4v) is 7.87. The molecule has 23 heavy (non-hydrogen) atoms. The molecule has 0 amide bonds. The first-order valence-corrected chi connectivity index (χ1v) is 11.6. The van der Waals surface area contributed by atoms with Crippen LogP contribution in [0.1, 0.15) is 17.2 Å². The Morgan fingerprint density at radius 1 is 1.17 bits per heavy atom. The van der Waals surface area contributed by atoms with Gasteiger partial charge in [-0.25, -0.2) is 8.42 Å². The first-order chi connectivity index (χ1) is 11.0. The number of thioether (sulfide) groups is 1. The third kappa shape index (κ3) is 3.96. The van der Waals surface area contributed by atoms with Gasteiger partial charge in [0.15, 0.2) is 0 Å². The summed E-state index contributed by atoms with van der Waals surface area (Å²) in [6.07, 6.45) is 0.764. The van der Waals surface area contributed by atoms with Crippen LogP contribution in [0, 0.1) is 0 Å². The largest absolute Gasteiger partial charge is 0.252 e. The second-order valence-electron chi connectivity index (χ2n) is 5.13. The number of nitrogens with zero attached hydrogens (tertiary/aromatic N) is 1. The Hall–Kier alpha value is -0.0500. The van der Waals surface area contributed by atoms with Crippen molar-refractivity contribution in [2.24, 2.45) is 0 Å². The van der Waals surface area contributed by atoms with E-state index in [2.05, 4.69) is 15.9 Å². The van der Waals surface area contributed by atoms with Gasteiger partial charge in [0.05, 0.1) is 3.79 Å². The molecule has 0 radical (unpaired) electrons. The van der Waals surface area contributed by atoms with Crippen LogP contribution in [0.4, 0.5) is 0 Å². The van der Waals surface area contributed by atoms with Gasteiger partial charge >= 0.3 is 0 Å². The molecule has 0 aliphatic carbocycles. The molecule has 0 bridgehead atoms. The van der Waals surface area contributed by atoms with Crippen LogP contribution in [-0.2, 0) is 10.0 Å². The summed E-state index contributed by atoms with van der Waals surface area (Å²) in [6.45, 7) is 1.05. The molecule has 0 saturated carbocycles. The van der Waals surface area contributed by atoms with Gasteiger partial charge in [0.2, 0.25) is 0 Å². The zero-order valence-corrected chi connectivity index (χ0v) is 16.9. The number of halogens is 2. The lowest BCUT2D eigenvalue weighted by atomic mass is 10.1. The van der Waals surface area contributed by atoms with Crippen LogP contribution >= 0.6 is 50.6 Å². The summed E-state index contributed by atoms with van der Waals surface area (Å²) in [4.78, 5) is 0. The highest BCUT2D eigenvalue weighted by Crippen LogP contribution is 2.39. The van der Waals surface area contributed by atoms with E-state index in [4.69, 9.17) is 11.6 Å². The highest BCUT2D eigenvalue weighted by atomic mass is 79.9. The van der Waals surface area contributed by atoms with Crippen LogP contribution in [0.25, 0.3) is 0 Å². The van der Waals surface area contributed by atoms with E-state index in [0.717, 1.165) is 26.5 Å². The molecule has 0 N–H and O–H groups in total. The van der Waals surface area contributed by atoms with Crippen LogP contribution in [0.2, 0.25) is 5.02 Å². The van der Waals surface area contributed by atoms with Crippen molar-refractivity contribution in [3.63, 3.8) is 0 Å². The second kappa shape index (κ2) is 7.45. The molecule has 1 unspecified atom stereocenters. The van der Waals surface area contributed by atoms with E-state index in [0.29, 0.717) is 17.3 Å². The highest BCUT2D eigenvalue weighted by molar-refractivity contribution is 9.11. The Morgan fingerprint density at radius 3 is 2.65 bits per heavy atom. The van der Waals surface area contributed by atoms with Crippen LogP contribution in [0.3, 0.4) is 0 Å². The van der Waals surface area contributed by atoms with Crippen molar-refractivity contribution in [3.05, 3.63) is 50.8 Å². The van der Waals surface area contributed by atoms with Gasteiger partial charge < -0.3 is 0 Å². The minimum Gasteiger partial charge on any atom is -0.206 e. The summed E-state index contributed by atoms with van der Waals surface area (Å²) < 4.78 is 28.3. The maximum atomic E-state index is 12.7. The molecule has 1 atom stereocenters. The molecular formula is C15H15BrClNO2S3. The zero-order valence-electron chi connectivity index (χ0n) is 12.1. The monoisotopic (exact) mass is 451 g/mol. The van der Waals surface area contributed by atoms with Crippen LogP contribution in [-0.4, -0.2) is 31.6 Å². The van der Waals surface area contributed by atoms with E-state index >= 15 is 0 Å². The van der Waals surface area contributed by atoms with Crippen LogP contribution in [0.15, 0.2) is 44.4 Å². The molecule has 124 valence electrons. The molecule has 3 nitrogen and oxygen atoms in total. The standard InChI is InChI=1S/C15H15BrClNO2S3/c16-14-5-6-15(22-14)23(19,20)18-8-7-13(21-10-9-18)11-3-1-2-4-12(11)17/h1-6,13H,7-10H2. The quantitative estimate of drug-likeness (QED) is 0.655. The maximum Gasteiger partial charge on any atom is 0.252 e. The summed E-state index contributed by atoms with van der Waals surface area (Å²) in [6, 6.07) is 11.2. The van der Waals surface area contributed by atoms with Crippen molar-refractivity contribution < 1.29 is 8.42 Å². The highest BCUT2D eigenvalue weighted by Gasteiger charge is 2.29. The number of benzene rings is 1. The molecule has 1 aliphatic rings. The second-order valence-corrected chi connectivity index (χ2v) is 11.5. The van der Waals surface area contributed by atoms with Gasteiger partial charge in [-0.3, -0.25) is 0 Å². The molecule has 8 heteroatoms. The maximum absolute atomic E-state index is 12.7. The van der Waals surface area contributed by atoms with Gasteiger partial charge in [-0.1, -0.05) is 29.8 Å². The van der Waals surface area contributed by atoms with E-state index in [1.807, 2.05) is 24.3 Å². The lowest BCUT2D eigenvalue weighted by Gasteiger charge is -2.19. The van der Waals surface area contributed by atoms with Gasteiger partial charge in [-0.15, -0.1) is 11.3 Å². The predicted octanol–water partition coefficient (Wildman–Crippen LogP) is 5.03. The van der Waals surface area contributed by atoms with Gasteiger partial charge in [-0.2, -0.15) is 16.1 Å². The van der Waals surface area contributed by atoms with E-state index in [1.54, 1.807) is 28.2 Å². The van der Waals surface area contributed by atoms with Gasteiger partial charge in [0, 0.05) is 29.1 Å². The number of thiophene rings is 1. The smallest absolute Gasteiger partial charge is 0.206 e. The summed E-state index contributed by atoms with van der Waals surface area (Å²) in [5, 5.41) is 0.988. The van der Waals surface area contributed by atoms with E-state index in [-0.39, 0.29) is 5.25 Å². The summed E-state index contributed by atoms with van der Waals surface area (Å²) in [5.41, 5.74) is 1.09. The summed E-state index contributed by atoms with van der Waals surface area (Å²) in [7, 11) is -3.40. The third-order valence-corrected chi connectivity index (χ3v) is 9.34. The Balaban J connectivity index is 1.78. The fraction of sp³-hybridized carbons (Fsp3) is 0.333. The fourth-order valence-electron chi connectivity index (χ4n) is 2.54. The molecule has 1 aliphatic heterocycles. The van der Waals surface area contributed by atoms with E-state index < -0.39 is 10.0 Å². The van der Waals surface area contributed by atoms with Crippen molar-refractivity contribution in [2.45, 2.75) is 15.9 Å². The molecule has 3 rings (SSSR count). The number of hydrogen-bond acceptors (Lipinski definition) is 4. The number of sulfonamides is 1. The minimum atomic E-state index is -3.40. The average Bonchev–Trinajstić information content (AvgIpc) is 2.82. The van der Waals surface area contributed by atoms with Crippen LogP contribution < -0.4 is 0 Å². The third-order valence-electron chi connectivity index (χ3n) is 3.70. The predicted molar refractivity (Wildman–Crippen MR) is 102 cm³/mol. The Morgan fingerprint density at radius 2 is 1.96 bits per heavy atom. The average molecular weight is 453 g/mol. The van der Waals surface area contributed by atoms with Gasteiger partial charge in [-0.05, 0) is 46.1 Å². The Kier molecular flexibility index (Phi) is 5.76. The van der Waals surface area contributed by atoms with E-state index in [1.165, 1.54) is 11.3 Å². The SMILES string of the molecule is O=S(=O)(c1ccc(Br)s1)N1CCSC(c2ccccc2Cl)CC1. The lowest BCUT2D eigenvalue weighted by Crippen LogP contribution is -2.32. The van der Waals surface area contributed by atoms with Crippen molar-refractivity contribution in [1.29, 1.82) is 0 Å². The summed E-state index contributed by atoms with van der Waals surface area (Å²) >= 11 is 12.6. The van der Waals surface area contributed by atoms with Gasteiger partial charge in [0.1, 0.15) is 4.21 Å². The first kappa shape index (κ1) is 17.8. The molecule has 1 fully saturated rings. The van der Waals surface area contributed by atoms with E-state index in [9.17, 15) is 8.42 Å². The van der Waals surface area contributed by atoms with Crippen molar-refractivity contribution in [1.82, 2.24) is 4.31 Å². The van der Waals surface area contributed by atoms with Crippen molar-refractivity contribution >= 4 is 60.7 Å². The van der Waals surface area contributed by atoms with Crippen molar-refractivity contribution in [3.8, 4) is 0 Å². The lowest BCUT2D eigenvalue weighted by molar-refractivity contribution is 0.429. The molecule has 2 heterocycles. The Labute approximate surface area is 158 Å². The zero-order chi connectivity index (χ0) is 16.4. The molecule has 1 saturated heterocycles. The number of hydrogen-bond donors (Lipinski definition) is 0.